The molecule has 0 saturated heterocycles. The third kappa shape index (κ3) is 2.95. The second kappa shape index (κ2) is 4.51. The molecular formula is C12H18N2O2. The molecule has 4 nitrogen and oxygen atoms in total. The maximum absolute atomic E-state index is 11.0. The fourth-order valence-electron chi connectivity index (χ4n) is 1.31. The Kier molecular flexibility index (Phi) is 3.52. The number of aromatic carboxylic acids is 1. The number of aromatic nitrogens is 1. The average Bonchev–Trinajstić information content (AvgIpc) is 2.16. The molecule has 4 heteroatoms. The molecule has 0 unspecified atom stereocenters. The first-order valence-electron chi connectivity index (χ1n) is 5.34. The summed E-state index contributed by atoms with van der Waals surface area (Å²) in [6.45, 7) is 8.70. The van der Waals surface area contributed by atoms with Crippen LogP contribution in [-0.4, -0.2) is 22.6 Å². The van der Waals surface area contributed by atoms with E-state index in [0.29, 0.717) is 5.82 Å². The standard InChI is InChI=1S/C12H18N2O2/c1-5-13-10-7-8(11(15)16)6-9(14-10)12(2,3)4/h6-7H,5H2,1-4H3,(H,13,14)(H,15,16). The quantitative estimate of drug-likeness (QED) is 0.824. The molecule has 0 saturated carbocycles. The van der Waals surface area contributed by atoms with Crippen molar-refractivity contribution in [3.63, 3.8) is 0 Å². The number of rotatable bonds is 3. The van der Waals surface area contributed by atoms with E-state index in [9.17, 15) is 4.79 Å². The molecule has 0 aliphatic heterocycles. The largest absolute Gasteiger partial charge is 0.478 e. The molecule has 0 radical (unpaired) electrons. The minimum atomic E-state index is -0.924. The van der Waals surface area contributed by atoms with Crippen molar-refractivity contribution in [2.75, 3.05) is 11.9 Å². The molecule has 0 aliphatic rings. The number of carbonyl (C=O) groups is 1. The number of carboxylic acid groups (broad SMARTS) is 1. The van der Waals surface area contributed by atoms with Crippen molar-refractivity contribution in [2.24, 2.45) is 0 Å². The predicted molar refractivity (Wildman–Crippen MR) is 64.1 cm³/mol. The van der Waals surface area contributed by atoms with Crippen LogP contribution < -0.4 is 5.32 Å². The molecule has 1 heterocycles. The first kappa shape index (κ1) is 12.5. The van der Waals surface area contributed by atoms with Crippen molar-refractivity contribution in [3.05, 3.63) is 23.4 Å². The normalized spacial score (nSPS) is 11.2. The lowest BCUT2D eigenvalue weighted by atomic mass is 9.91. The lowest BCUT2D eigenvalue weighted by Gasteiger charge is -2.19. The molecule has 0 bridgehead atoms. The summed E-state index contributed by atoms with van der Waals surface area (Å²) in [4.78, 5) is 15.4. The van der Waals surface area contributed by atoms with Crippen LogP contribution in [0.1, 0.15) is 43.7 Å². The highest BCUT2D eigenvalue weighted by molar-refractivity contribution is 5.88. The Bertz CT molecular complexity index is 394. The van der Waals surface area contributed by atoms with Crippen molar-refractivity contribution < 1.29 is 9.90 Å². The lowest BCUT2D eigenvalue weighted by Crippen LogP contribution is -2.16. The Morgan fingerprint density at radius 1 is 1.44 bits per heavy atom. The van der Waals surface area contributed by atoms with Gasteiger partial charge in [0, 0.05) is 17.7 Å². The van der Waals surface area contributed by atoms with Crippen LogP contribution >= 0.6 is 0 Å². The zero-order valence-corrected chi connectivity index (χ0v) is 10.2. The third-order valence-electron chi connectivity index (χ3n) is 2.20. The minimum Gasteiger partial charge on any atom is -0.478 e. The van der Waals surface area contributed by atoms with Crippen molar-refractivity contribution in [1.29, 1.82) is 0 Å². The highest BCUT2D eigenvalue weighted by Gasteiger charge is 2.18. The van der Waals surface area contributed by atoms with E-state index in [-0.39, 0.29) is 11.0 Å². The van der Waals surface area contributed by atoms with Gasteiger partial charge in [-0.15, -0.1) is 0 Å². The molecule has 1 aromatic heterocycles. The molecule has 2 N–H and O–H groups in total. The summed E-state index contributed by atoms with van der Waals surface area (Å²) in [7, 11) is 0. The number of hydrogen-bond donors (Lipinski definition) is 2. The average molecular weight is 222 g/mol. The van der Waals surface area contributed by atoms with Crippen LogP contribution in [0.5, 0.6) is 0 Å². The van der Waals surface area contributed by atoms with Gasteiger partial charge in [-0.05, 0) is 19.1 Å². The van der Waals surface area contributed by atoms with Gasteiger partial charge in [0.25, 0.3) is 0 Å². The third-order valence-corrected chi connectivity index (χ3v) is 2.20. The van der Waals surface area contributed by atoms with Gasteiger partial charge in [0.2, 0.25) is 0 Å². The van der Waals surface area contributed by atoms with Gasteiger partial charge < -0.3 is 10.4 Å². The van der Waals surface area contributed by atoms with Crippen LogP contribution in [0.2, 0.25) is 0 Å². The first-order valence-corrected chi connectivity index (χ1v) is 5.34. The Hall–Kier alpha value is -1.58. The van der Waals surface area contributed by atoms with Crippen LogP contribution in [-0.2, 0) is 5.41 Å². The van der Waals surface area contributed by atoms with Gasteiger partial charge in [0.05, 0.1) is 5.56 Å². The molecule has 0 amide bonds. The monoisotopic (exact) mass is 222 g/mol. The lowest BCUT2D eigenvalue weighted by molar-refractivity contribution is 0.0696. The summed E-state index contributed by atoms with van der Waals surface area (Å²) in [6.07, 6.45) is 0. The molecule has 0 spiro atoms. The second-order valence-electron chi connectivity index (χ2n) is 4.71. The van der Waals surface area contributed by atoms with Crippen molar-refractivity contribution in [3.8, 4) is 0 Å². The summed E-state index contributed by atoms with van der Waals surface area (Å²) in [5, 5.41) is 12.1. The van der Waals surface area contributed by atoms with E-state index >= 15 is 0 Å². The van der Waals surface area contributed by atoms with E-state index in [1.54, 1.807) is 12.1 Å². The maximum atomic E-state index is 11.0. The number of hydrogen-bond acceptors (Lipinski definition) is 3. The van der Waals surface area contributed by atoms with Gasteiger partial charge in [-0.2, -0.15) is 0 Å². The minimum absolute atomic E-state index is 0.157. The second-order valence-corrected chi connectivity index (χ2v) is 4.71. The van der Waals surface area contributed by atoms with E-state index < -0.39 is 5.97 Å². The summed E-state index contributed by atoms with van der Waals surface area (Å²) >= 11 is 0. The van der Waals surface area contributed by atoms with E-state index in [4.69, 9.17) is 5.11 Å². The van der Waals surface area contributed by atoms with Crippen LogP contribution in [0.25, 0.3) is 0 Å². The van der Waals surface area contributed by atoms with Gasteiger partial charge in [-0.1, -0.05) is 20.8 Å². The topological polar surface area (TPSA) is 62.2 Å². The predicted octanol–water partition coefficient (Wildman–Crippen LogP) is 2.51. The number of nitrogens with one attached hydrogen (secondary N) is 1. The maximum Gasteiger partial charge on any atom is 0.335 e. The Morgan fingerprint density at radius 3 is 2.50 bits per heavy atom. The zero-order valence-electron chi connectivity index (χ0n) is 10.2. The molecule has 0 aromatic carbocycles. The number of anilines is 1. The highest BCUT2D eigenvalue weighted by Crippen LogP contribution is 2.23. The van der Waals surface area contributed by atoms with Crippen molar-refractivity contribution in [1.82, 2.24) is 4.98 Å². The zero-order chi connectivity index (χ0) is 12.3. The van der Waals surface area contributed by atoms with Gasteiger partial charge >= 0.3 is 5.97 Å². The molecule has 1 rings (SSSR count). The van der Waals surface area contributed by atoms with Crippen molar-refractivity contribution in [2.45, 2.75) is 33.1 Å². The molecular weight excluding hydrogens is 204 g/mol. The number of carboxylic acids is 1. The SMILES string of the molecule is CCNc1cc(C(=O)O)cc(C(C)(C)C)n1. The highest BCUT2D eigenvalue weighted by atomic mass is 16.4. The van der Waals surface area contributed by atoms with Crippen LogP contribution in [0.4, 0.5) is 5.82 Å². The van der Waals surface area contributed by atoms with Crippen LogP contribution in [0.3, 0.4) is 0 Å². The molecule has 1 aromatic rings. The van der Waals surface area contributed by atoms with Crippen LogP contribution in [0.15, 0.2) is 12.1 Å². The number of pyridine rings is 1. The van der Waals surface area contributed by atoms with Gasteiger partial charge in [-0.3, -0.25) is 0 Å². The fourth-order valence-corrected chi connectivity index (χ4v) is 1.31. The van der Waals surface area contributed by atoms with E-state index in [1.807, 2.05) is 27.7 Å². The summed E-state index contributed by atoms with van der Waals surface area (Å²) in [5.74, 6) is -0.306. The van der Waals surface area contributed by atoms with E-state index in [0.717, 1.165) is 12.2 Å². The van der Waals surface area contributed by atoms with Gasteiger partial charge in [0.15, 0.2) is 0 Å². The smallest absolute Gasteiger partial charge is 0.335 e. The Morgan fingerprint density at radius 2 is 2.06 bits per heavy atom. The molecule has 0 aliphatic carbocycles. The van der Waals surface area contributed by atoms with E-state index in [2.05, 4.69) is 10.3 Å². The van der Waals surface area contributed by atoms with Crippen LogP contribution in [0, 0.1) is 0 Å². The fraction of sp³-hybridized carbons (Fsp3) is 0.500. The first-order chi connectivity index (χ1) is 7.34. The van der Waals surface area contributed by atoms with Gasteiger partial charge in [-0.25, -0.2) is 9.78 Å². The summed E-state index contributed by atoms with van der Waals surface area (Å²) in [6, 6.07) is 3.18. The molecule has 0 atom stereocenters. The molecule has 0 fully saturated rings. The van der Waals surface area contributed by atoms with Crippen molar-refractivity contribution >= 4 is 11.8 Å². The molecule has 88 valence electrons. The summed E-state index contributed by atoms with van der Waals surface area (Å²) < 4.78 is 0. The Balaban J connectivity index is 3.24. The van der Waals surface area contributed by atoms with E-state index in [1.165, 1.54) is 0 Å². The Labute approximate surface area is 95.7 Å². The summed E-state index contributed by atoms with van der Waals surface area (Å²) in [5.41, 5.74) is 0.898. The van der Waals surface area contributed by atoms with Gasteiger partial charge in [0.1, 0.15) is 5.82 Å². The molecule has 16 heavy (non-hydrogen) atoms. The number of nitrogens with zero attached hydrogens (tertiary/aromatic N) is 1.